The van der Waals surface area contributed by atoms with Gasteiger partial charge in [-0.2, -0.15) is 0 Å². The van der Waals surface area contributed by atoms with Crippen molar-refractivity contribution in [3.8, 4) is 0 Å². The largest absolute Gasteiger partial charge is 0.481 e. The molecule has 0 spiro atoms. The molecule has 3 atom stereocenters. The molecule has 0 heterocycles. The van der Waals surface area contributed by atoms with E-state index in [-0.39, 0.29) is 17.4 Å². The topological polar surface area (TPSA) is 63.6 Å². The van der Waals surface area contributed by atoms with Crippen LogP contribution in [-0.2, 0) is 14.3 Å². The van der Waals surface area contributed by atoms with Crippen LogP contribution in [0.3, 0.4) is 0 Å². The van der Waals surface area contributed by atoms with Gasteiger partial charge in [-0.3, -0.25) is 4.79 Å². The Morgan fingerprint density at radius 3 is 2.44 bits per heavy atom. The van der Waals surface area contributed by atoms with Gasteiger partial charge < -0.3 is 9.84 Å². The Morgan fingerprint density at radius 2 is 2.06 bits per heavy atom. The van der Waals surface area contributed by atoms with Crippen LogP contribution in [0, 0.1) is 17.3 Å². The van der Waals surface area contributed by atoms with Crippen LogP contribution in [0.25, 0.3) is 0 Å². The van der Waals surface area contributed by atoms with Crippen molar-refractivity contribution >= 4 is 27.9 Å². The lowest BCUT2D eigenvalue weighted by Gasteiger charge is -2.10. The molecule has 4 nitrogen and oxygen atoms in total. The summed E-state index contributed by atoms with van der Waals surface area (Å²) in [6, 6.07) is 0. The highest BCUT2D eigenvalue weighted by molar-refractivity contribution is 9.12. The smallest absolute Gasteiger partial charge is 0.345 e. The first-order valence-electron chi connectivity index (χ1n) is 6.02. The third-order valence-electron chi connectivity index (χ3n) is 3.58. The van der Waals surface area contributed by atoms with Crippen molar-refractivity contribution in [2.24, 2.45) is 17.3 Å². The third kappa shape index (κ3) is 3.13. The zero-order valence-electron chi connectivity index (χ0n) is 11.1. The number of halogens is 1. The molecule has 0 aromatic heterocycles. The molecule has 0 aromatic carbocycles. The minimum atomic E-state index is -0.822. The molecule has 0 aromatic rings. The number of esters is 1. The second-order valence-electron chi connectivity index (χ2n) is 5.30. The van der Waals surface area contributed by atoms with Crippen LogP contribution in [-0.4, -0.2) is 23.1 Å². The van der Waals surface area contributed by atoms with Crippen molar-refractivity contribution in [2.75, 3.05) is 0 Å². The minimum absolute atomic E-state index is 0.131. The van der Waals surface area contributed by atoms with Gasteiger partial charge in [-0.25, -0.2) is 4.79 Å². The SMILES string of the molecule is CCC(C)OC(=O)C(Br)=C[C@H]1[C@@H](C(=O)O)C1(C)C. The molecule has 0 saturated heterocycles. The van der Waals surface area contributed by atoms with Crippen molar-refractivity contribution in [1.82, 2.24) is 0 Å². The molecule has 0 aliphatic heterocycles. The molecule has 1 aliphatic rings. The van der Waals surface area contributed by atoms with E-state index in [1.807, 2.05) is 27.7 Å². The molecule has 1 N–H and O–H groups in total. The summed E-state index contributed by atoms with van der Waals surface area (Å²) in [7, 11) is 0. The summed E-state index contributed by atoms with van der Waals surface area (Å²) in [5.74, 6) is -1.82. The van der Waals surface area contributed by atoms with Crippen LogP contribution >= 0.6 is 15.9 Å². The highest BCUT2D eigenvalue weighted by Gasteiger charge is 2.61. The summed E-state index contributed by atoms with van der Waals surface area (Å²) in [5, 5.41) is 9.03. The Bertz CT molecular complexity index is 386. The maximum Gasteiger partial charge on any atom is 0.345 e. The van der Waals surface area contributed by atoms with Crippen molar-refractivity contribution in [3.63, 3.8) is 0 Å². The van der Waals surface area contributed by atoms with Gasteiger partial charge in [-0.1, -0.05) is 26.8 Å². The van der Waals surface area contributed by atoms with Crippen LogP contribution in [0.1, 0.15) is 34.1 Å². The first kappa shape index (κ1) is 15.2. The summed E-state index contributed by atoms with van der Waals surface area (Å²) >= 11 is 3.16. The van der Waals surface area contributed by atoms with E-state index in [9.17, 15) is 9.59 Å². The lowest BCUT2D eigenvalue weighted by Crippen LogP contribution is -2.13. The summed E-state index contributed by atoms with van der Waals surface area (Å²) in [6.45, 7) is 7.51. The van der Waals surface area contributed by atoms with E-state index in [0.717, 1.165) is 6.42 Å². The lowest BCUT2D eigenvalue weighted by atomic mass is 10.1. The molecule has 102 valence electrons. The van der Waals surface area contributed by atoms with E-state index in [1.165, 1.54) is 0 Å². The molecule has 0 radical (unpaired) electrons. The fourth-order valence-corrected chi connectivity index (χ4v) is 2.39. The standard InChI is InChI=1S/C13H19BrO4/c1-5-7(2)18-12(17)9(14)6-8-10(11(15)16)13(8,3)4/h6-8,10H,5H2,1-4H3,(H,15,16)/t7?,8-,10-/m0/s1. The predicted octanol–water partition coefficient (Wildman–Crippen LogP) is 2.96. The molecular weight excluding hydrogens is 300 g/mol. The number of carboxylic acid groups (broad SMARTS) is 1. The van der Waals surface area contributed by atoms with E-state index < -0.39 is 17.9 Å². The van der Waals surface area contributed by atoms with E-state index in [1.54, 1.807) is 6.08 Å². The van der Waals surface area contributed by atoms with Crippen LogP contribution in [0.4, 0.5) is 0 Å². The number of ether oxygens (including phenoxy) is 1. The Balaban J connectivity index is 2.68. The highest BCUT2D eigenvalue weighted by atomic mass is 79.9. The molecule has 18 heavy (non-hydrogen) atoms. The molecule has 5 heteroatoms. The van der Waals surface area contributed by atoms with Gasteiger partial charge in [0, 0.05) is 0 Å². The van der Waals surface area contributed by atoms with Gasteiger partial charge in [-0.05, 0) is 40.6 Å². The Kier molecular flexibility index (Phi) is 4.59. The number of carbonyl (C=O) groups excluding carboxylic acids is 1. The molecule has 1 saturated carbocycles. The minimum Gasteiger partial charge on any atom is -0.481 e. The van der Waals surface area contributed by atoms with Gasteiger partial charge >= 0.3 is 11.9 Å². The van der Waals surface area contributed by atoms with Gasteiger partial charge in [0.05, 0.1) is 16.5 Å². The number of hydrogen-bond acceptors (Lipinski definition) is 3. The van der Waals surface area contributed by atoms with Gasteiger partial charge in [0.2, 0.25) is 0 Å². The monoisotopic (exact) mass is 318 g/mol. The molecular formula is C13H19BrO4. The van der Waals surface area contributed by atoms with Crippen molar-refractivity contribution in [3.05, 3.63) is 10.6 Å². The first-order valence-corrected chi connectivity index (χ1v) is 6.82. The number of rotatable bonds is 5. The van der Waals surface area contributed by atoms with Crippen LogP contribution in [0.15, 0.2) is 10.6 Å². The quantitative estimate of drug-likeness (QED) is 0.625. The van der Waals surface area contributed by atoms with E-state index >= 15 is 0 Å². The van der Waals surface area contributed by atoms with Gasteiger partial charge in [-0.15, -0.1) is 0 Å². The van der Waals surface area contributed by atoms with E-state index in [0.29, 0.717) is 4.48 Å². The third-order valence-corrected chi connectivity index (χ3v) is 4.17. The van der Waals surface area contributed by atoms with Gasteiger partial charge in [0.15, 0.2) is 0 Å². The van der Waals surface area contributed by atoms with E-state index in [2.05, 4.69) is 15.9 Å². The van der Waals surface area contributed by atoms with Crippen LogP contribution in [0.2, 0.25) is 0 Å². The summed E-state index contributed by atoms with van der Waals surface area (Å²) in [5.41, 5.74) is -0.304. The number of carbonyl (C=O) groups is 2. The molecule has 1 fully saturated rings. The second-order valence-corrected chi connectivity index (χ2v) is 6.16. The maximum atomic E-state index is 11.7. The fourth-order valence-electron chi connectivity index (χ4n) is 2.01. The second kappa shape index (κ2) is 5.43. The van der Waals surface area contributed by atoms with Crippen molar-refractivity contribution < 1.29 is 19.4 Å². The molecule has 1 rings (SSSR count). The van der Waals surface area contributed by atoms with Crippen LogP contribution < -0.4 is 0 Å². The molecule has 1 unspecified atom stereocenters. The summed E-state index contributed by atoms with van der Waals surface area (Å²) in [6.07, 6.45) is 2.27. The average Bonchev–Trinajstić information content (AvgIpc) is 2.80. The first-order chi connectivity index (χ1) is 8.21. The summed E-state index contributed by atoms with van der Waals surface area (Å²) in [4.78, 5) is 22.7. The zero-order valence-corrected chi connectivity index (χ0v) is 12.7. The zero-order chi connectivity index (χ0) is 14.1. The van der Waals surface area contributed by atoms with Gasteiger partial charge in [0.1, 0.15) is 0 Å². The average molecular weight is 319 g/mol. The van der Waals surface area contributed by atoms with Crippen LogP contribution in [0.5, 0.6) is 0 Å². The lowest BCUT2D eigenvalue weighted by molar-refractivity contribution is -0.143. The maximum absolute atomic E-state index is 11.7. The number of allylic oxidation sites excluding steroid dienone is 1. The Hall–Kier alpha value is -0.840. The van der Waals surface area contributed by atoms with Crippen molar-refractivity contribution in [1.29, 1.82) is 0 Å². The molecule has 0 amide bonds. The predicted molar refractivity (Wildman–Crippen MR) is 71.3 cm³/mol. The number of aliphatic carboxylic acids is 1. The fraction of sp³-hybridized carbons (Fsp3) is 0.692. The number of hydrogen-bond donors (Lipinski definition) is 1. The normalized spacial score (nSPS) is 27.5. The Morgan fingerprint density at radius 1 is 1.50 bits per heavy atom. The van der Waals surface area contributed by atoms with Crippen molar-refractivity contribution in [2.45, 2.75) is 40.2 Å². The molecule has 1 aliphatic carbocycles. The number of carboxylic acids is 1. The summed E-state index contributed by atoms with van der Waals surface area (Å²) < 4.78 is 5.46. The highest BCUT2D eigenvalue weighted by Crippen LogP contribution is 2.59. The van der Waals surface area contributed by atoms with Gasteiger partial charge in [0.25, 0.3) is 0 Å². The molecule has 0 bridgehead atoms. The Labute approximate surface area is 116 Å². The van der Waals surface area contributed by atoms with E-state index in [4.69, 9.17) is 9.84 Å².